The van der Waals surface area contributed by atoms with Gasteiger partial charge in [-0.3, -0.25) is 9.59 Å². The van der Waals surface area contributed by atoms with Gasteiger partial charge in [-0.25, -0.2) is 0 Å². The molecule has 4 N–H and O–H groups in total. The van der Waals surface area contributed by atoms with Crippen LogP contribution in [0.15, 0.2) is 0 Å². The van der Waals surface area contributed by atoms with Crippen LogP contribution in [0.1, 0.15) is 34.1 Å². The molecule has 19 heavy (non-hydrogen) atoms. The molecule has 0 spiro atoms. The Morgan fingerprint density at radius 3 is 2.37 bits per heavy atom. The average Bonchev–Trinajstić information content (AvgIpc) is 2.33. The highest BCUT2D eigenvalue weighted by Crippen LogP contribution is 2.49. The van der Waals surface area contributed by atoms with Gasteiger partial charge in [-0.1, -0.05) is 13.8 Å². The number of nitrogens with two attached hydrogens (primary N) is 1. The molecular weight excluding hydrogens is 246 g/mol. The monoisotopic (exact) mass is 271 g/mol. The van der Waals surface area contributed by atoms with Crippen molar-refractivity contribution in [1.82, 2.24) is 10.6 Å². The molecular formula is C13H25N3O3. The Morgan fingerprint density at radius 2 is 1.89 bits per heavy atom. The summed E-state index contributed by atoms with van der Waals surface area (Å²) in [6, 6.07) is 0. The van der Waals surface area contributed by atoms with E-state index in [1.807, 2.05) is 20.8 Å². The van der Waals surface area contributed by atoms with Gasteiger partial charge in [0.2, 0.25) is 11.8 Å². The molecule has 1 fully saturated rings. The number of hydrogen-bond donors (Lipinski definition) is 3. The lowest BCUT2D eigenvalue weighted by Crippen LogP contribution is -2.75. The van der Waals surface area contributed by atoms with Crippen molar-refractivity contribution in [2.45, 2.75) is 45.8 Å². The van der Waals surface area contributed by atoms with Gasteiger partial charge in [-0.2, -0.15) is 0 Å². The van der Waals surface area contributed by atoms with Gasteiger partial charge in [-0.05, 0) is 6.92 Å². The average molecular weight is 271 g/mol. The van der Waals surface area contributed by atoms with Crippen LogP contribution in [0.3, 0.4) is 0 Å². The van der Waals surface area contributed by atoms with Crippen LogP contribution in [0, 0.1) is 5.41 Å². The fourth-order valence-electron chi connectivity index (χ4n) is 2.39. The number of rotatable bonds is 6. The summed E-state index contributed by atoms with van der Waals surface area (Å²) in [5.74, 6) is -0.295. The standard InChI is InChI=1S/C13H25N3O3/c1-5-19-10-8-13(14,12(10,3)4)11(18)16-7-6-15-9(2)17/h10H,5-8,14H2,1-4H3,(H,15,17)(H,16,18). The summed E-state index contributed by atoms with van der Waals surface area (Å²) < 4.78 is 5.58. The van der Waals surface area contributed by atoms with Gasteiger partial charge in [0.25, 0.3) is 0 Å². The van der Waals surface area contributed by atoms with Crippen LogP contribution >= 0.6 is 0 Å². The number of carbonyl (C=O) groups is 2. The first-order valence-corrected chi connectivity index (χ1v) is 6.69. The van der Waals surface area contributed by atoms with Crippen LogP contribution < -0.4 is 16.4 Å². The minimum absolute atomic E-state index is 0.0172. The predicted molar refractivity (Wildman–Crippen MR) is 72.4 cm³/mol. The van der Waals surface area contributed by atoms with Crippen LogP contribution in [0.25, 0.3) is 0 Å². The maximum atomic E-state index is 12.2. The highest BCUT2D eigenvalue weighted by Gasteiger charge is 2.62. The van der Waals surface area contributed by atoms with Crippen molar-refractivity contribution in [3.8, 4) is 0 Å². The number of nitrogens with one attached hydrogen (secondary N) is 2. The predicted octanol–water partition coefficient (Wildman–Crippen LogP) is -0.229. The molecule has 2 unspecified atom stereocenters. The summed E-state index contributed by atoms with van der Waals surface area (Å²) in [6.45, 7) is 8.68. The van der Waals surface area contributed by atoms with E-state index >= 15 is 0 Å². The van der Waals surface area contributed by atoms with Gasteiger partial charge in [-0.15, -0.1) is 0 Å². The van der Waals surface area contributed by atoms with E-state index in [2.05, 4.69) is 10.6 Å². The van der Waals surface area contributed by atoms with Crippen LogP contribution in [0.5, 0.6) is 0 Å². The zero-order valence-corrected chi connectivity index (χ0v) is 12.2. The van der Waals surface area contributed by atoms with Gasteiger partial charge in [0.05, 0.1) is 6.10 Å². The van der Waals surface area contributed by atoms with Crippen LogP contribution in [0.2, 0.25) is 0 Å². The maximum Gasteiger partial charge on any atom is 0.240 e. The summed E-state index contributed by atoms with van der Waals surface area (Å²) in [7, 11) is 0. The summed E-state index contributed by atoms with van der Waals surface area (Å²) >= 11 is 0. The summed E-state index contributed by atoms with van der Waals surface area (Å²) in [5, 5.41) is 5.38. The Labute approximate surface area is 114 Å². The fourth-order valence-corrected chi connectivity index (χ4v) is 2.39. The lowest BCUT2D eigenvalue weighted by atomic mass is 9.54. The van der Waals surface area contributed by atoms with Gasteiger partial charge >= 0.3 is 0 Å². The lowest BCUT2D eigenvalue weighted by molar-refractivity contribution is -0.170. The second kappa shape index (κ2) is 5.88. The molecule has 1 saturated carbocycles. The third-order valence-corrected chi connectivity index (χ3v) is 4.02. The van der Waals surface area contributed by atoms with Crippen LogP contribution in [0.4, 0.5) is 0 Å². The minimum Gasteiger partial charge on any atom is -0.378 e. The fraction of sp³-hybridized carbons (Fsp3) is 0.846. The first-order chi connectivity index (χ1) is 8.75. The quantitative estimate of drug-likeness (QED) is 0.582. The summed E-state index contributed by atoms with van der Waals surface area (Å²) in [4.78, 5) is 22.9. The SMILES string of the molecule is CCOC1CC(N)(C(=O)NCCNC(C)=O)C1(C)C. The van der Waals surface area contributed by atoms with Crippen LogP contribution in [-0.4, -0.2) is 43.2 Å². The number of hydrogen-bond acceptors (Lipinski definition) is 4. The van der Waals surface area contributed by atoms with Crippen molar-refractivity contribution in [3.63, 3.8) is 0 Å². The van der Waals surface area contributed by atoms with Crippen molar-refractivity contribution in [2.24, 2.45) is 11.1 Å². The molecule has 0 heterocycles. The Hall–Kier alpha value is -1.14. The topological polar surface area (TPSA) is 93.4 Å². The van der Waals surface area contributed by atoms with Gasteiger partial charge in [0.1, 0.15) is 5.54 Å². The highest BCUT2D eigenvalue weighted by atomic mass is 16.5. The zero-order valence-electron chi connectivity index (χ0n) is 12.2. The van der Waals surface area contributed by atoms with Crippen molar-refractivity contribution in [2.75, 3.05) is 19.7 Å². The molecule has 0 aromatic carbocycles. The van der Waals surface area contributed by atoms with Crippen molar-refractivity contribution in [1.29, 1.82) is 0 Å². The maximum absolute atomic E-state index is 12.2. The summed E-state index contributed by atoms with van der Waals surface area (Å²) in [6.07, 6.45) is 0.545. The van der Waals surface area contributed by atoms with E-state index in [9.17, 15) is 9.59 Å². The molecule has 2 amide bonds. The van der Waals surface area contributed by atoms with E-state index < -0.39 is 5.54 Å². The van der Waals surface area contributed by atoms with E-state index in [4.69, 9.17) is 10.5 Å². The van der Waals surface area contributed by atoms with Crippen molar-refractivity contribution in [3.05, 3.63) is 0 Å². The molecule has 0 bridgehead atoms. The first-order valence-electron chi connectivity index (χ1n) is 6.69. The molecule has 0 saturated heterocycles. The molecule has 1 aliphatic carbocycles. The Balaban J connectivity index is 2.46. The number of carbonyl (C=O) groups excluding carboxylic acids is 2. The molecule has 6 heteroatoms. The molecule has 0 radical (unpaired) electrons. The van der Waals surface area contributed by atoms with Gasteiger partial charge in [0, 0.05) is 38.5 Å². The van der Waals surface area contributed by atoms with E-state index in [0.29, 0.717) is 26.1 Å². The third-order valence-electron chi connectivity index (χ3n) is 4.02. The number of amides is 2. The lowest BCUT2D eigenvalue weighted by Gasteiger charge is -2.57. The highest BCUT2D eigenvalue weighted by molar-refractivity contribution is 5.88. The molecule has 0 aromatic rings. The molecule has 1 rings (SSSR count). The molecule has 110 valence electrons. The zero-order chi connectivity index (χ0) is 14.7. The molecule has 1 aliphatic rings. The largest absolute Gasteiger partial charge is 0.378 e. The number of ether oxygens (including phenoxy) is 1. The van der Waals surface area contributed by atoms with Crippen LogP contribution in [-0.2, 0) is 14.3 Å². The smallest absolute Gasteiger partial charge is 0.240 e. The Bertz CT molecular complexity index is 357. The molecule has 2 atom stereocenters. The van der Waals surface area contributed by atoms with Crippen molar-refractivity contribution < 1.29 is 14.3 Å². The minimum atomic E-state index is -0.900. The van der Waals surface area contributed by atoms with E-state index in [0.717, 1.165) is 0 Å². The van der Waals surface area contributed by atoms with Gasteiger partial charge < -0.3 is 21.1 Å². The second-order valence-corrected chi connectivity index (χ2v) is 5.58. The molecule has 0 aromatic heterocycles. The molecule has 6 nitrogen and oxygen atoms in total. The Morgan fingerprint density at radius 1 is 1.32 bits per heavy atom. The van der Waals surface area contributed by atoms with E-state index in [1.54, 1.807) is 0 Å². The van der Waals surface area contributed by atoms with Gasteiger partial charge in [0.15, 0.2) is 0 Å². The second-order valence-electron chi connectivity index (χ2n) is 5.58. The van der Waals surface area contributed by atoms with Crippen molar-refractivity contribution >= 4 is 11.8 Å². The van der Waals surface area contributed by atoms with E-state index in [1.165, 1.54) is 6.92 Å². The summed E-state index contributed by atoms with van der Waals surface area (Å²) in [5.41, 5.74) is 4.92. The van der Waals surface area contributed by atoms with E-state index in [-0.39, 0.29) is 23.3 Å². The third kappa shape index (κ3) is 3.06. The first kappa shape index (κ1) is 15.9. The normalized spacial score (nSPS) is 28.4. The Kier molecular flexibility index (Phi) is 4.92. The molecule has 0 aliphatic heterocycles.